The van der Waals surface area contributed by atoms with Gasteiger partial charge in [0.05, 0.1) is 12.6 Å². The lowest BCUT2D eigenvalue weighted by molar-refractivity contribution is 0.371. The van der Waals surface area contributed by atoms with Crippen molar-refractivity contribution in [1.82, 2.24) is 25.5 Å². The highest BCUT2D eigenvalue weighted by Crippen LogP contribution is 2.37. The molecule has 0 aromatic carbocycles. The molecular weight excluding hydrogens is 202 g/mol. The van der Waals surface area contributed by atoms with Gasteiger partial charge in [-0.15, -0.1) is 5.10 Å². The first-order chi connectivity index (χ1) is 7.85. The lowest BCUT2D eigenvalue weighted by atomic mass is 10.1. The van der Waals surface area contributed by atoms with Gasteiger partial charge in [-0.1, -0.05) is 26.7 Å². The Balaban J connectivity index is 2.00. The van der Waals surface area contributed by atoms with Crippen molar-refractivity contribution in [1.29, 1.82) is 0 Å². The minimum absolute atomic E-state index is 0.483. The second kappa shape index (κ2) is 5.39. The van der Waals surface area contributed by atoms with Crippen LogP contribution in [0.25, 0.3) is 0 Å². The van der Waals surface area contributed by atoms with E-state index in [9.17, 15) is 0 Å². The lowest BCUT2D eigenvalue weighted by Crippen LogP contribution is -2.20. The van der Waals surface area contributed by atoms with Crippen LogP contribution in [0.1, 0.15) is 51.4 Å². The van der Waals surface area contributed by atoms with Gasteiger partial charge in [0.2, 0.25) is 0 Å². The molecule has 1 atom stereocenters. The summed E-state index contributed by atoms with van der Waals surface area (Å²) in [4.78, 5) is 0. The first-order valence-corrected chi connectivity index (χ1v) is 6.32. The van der Waals surface area contributed by atoms with E-state index in [0.717, 1.165) is 31.3 Å². The molecule has 2 rings (SSSR count). The maximum absolute atomic E-state index is 4.14. The molecule has 0 bridgehead atoms. The molecule has 90 valence electrons. The van der Waals surface area contributed by atoms with E-state index >= 15 is 0 Å². The van der Waals surface area contributed by atoms with E-state index in [1.54, 1.807) is 0 Å². The molecule has 0 spiro atoms. The van der Waals surface area contributed by atoms with Crippen molar-refractivity contribution in [3.8, 4) is 0 Å². The van der Waals surface area contributed by atoms with Gasteiger partial charge in [-0.3, -0.25) is 0 Å². The molecule has 16 heavy (non-hydrogen) atoms. The number of aromatic nitrogens is 4. The molecule has 1 fully saturated rings. The van der Waals surface area contributed by atoms with E-state index in [2.05, 4.69) is 34.7 Å². The molecule has 0 amide bonds. The predicted octanol–water partition coefficient (Wildman–Crippen LogP) is 1.53. The van der Waals surface area contributed by atoms with Crippen LogP contribution in [0.15, 0.2) is 0 Å². The Hall–Kier alpha value is -0.970. The quantitative estimate of drug-likeness (QED) is 0.761. The van der Waals surface area contributed by atoms with Gasteiger partial charge in [-0.05, 0) is 35.7 Å². The summed E-state index contributed by atoms with van der Waals surface area (Å²) in [5, 5.41) is 15.3. The maximum Gasteiger partial charge on any atom is 0.165 e. The number of hydrogen-bond acceptors (Lipinski definition) is 4. The van der Waals surface area contributed by atoms with Crippen LogP contribution in [0, 0.1) is 5.92 Å². The molecule has 0 radical (unpaired) electrons. The Morgan fingerprint density at radius 3 is 2.88 bits per heavy atom. The summed E-state index contributed by atoms with van der Waals surface area (Å²) in [6.45, 7) is 6.03. The Bertz CT molecular complexity index is 318. The van der Waals surface area contributed by atoms with Gasteiger partial charge in [-0.2, -0.15) is 0 Å². The van der Waals surface area contributed by atoms with Gasteiger partial charge >= 0.3 is 0 Å². The summed E-state index contributed by atoms with van der Waals surface area (Å²) in [6, 6.07) is 0.483. The zero-order chi connectivity index (χ0) is 11.4. The van der Waals surface area contributed by atoms with Crippen LogP contribution in [-0.4, -0.2) is 26.8 Å². The summed E-state index contributed by atoms with van der Waals surface area (Å²) in [5.74, 6) is 1.88. The molecule has 1 aliphatic rings. The molecule has 5 nitrogen and oxygen atoms in total. The van der Waals surface area contributed by atoms with Crippen LogP contribution in [0.2, 0.25) is 0 Å². The third-order valence-corrected chi connectivity index (χ3v) is 3.21. The Morgan fingerprint density at radius 2 is 2.25 bits per heavy atom. The topological polar surface area (TPSA) is 55.6 Å². The lowest BCUT2D eigenvalue weighted by Gasteiger charge is -2.16. The molecule has 1 saturated carbocycles. The summed E-state index contributed by atoms with van der Waals surface area (Å²) in [7, 11) is 0. The Labute approximate surface area is 96.6 Å². The van der Waals surface area contributed by atoms with Crippen molar-refractivity contribution in [3.05, 3.63) is 5.82 Å². The molecule has 1 N–H and O–H groups in total. The molecular formula is C11H21N5. The normalized spacial score (nSPS) is 17.6. The van der Waals surface area contributed by atoms with Crippen LogP contribution >= 0.6 is 0 Å². The number of hydrogen-bond donors (Lipinski definition) is 1. The van der Waals surface area contributed by atoms with Crippen LogP contribution < -0.4 is 5.32 Å². The second-order valence-corrected chi connectivity index (χ2v) is 4.56. The summed E-state index contributed by atoms with van der Waals surface area (Å²) < 4.78 is 2.01. The summed E-state index contributed by atoms with van der Waals surface area (Å²) in [6.07, 6.45) is 5.13. The average Bonchev–Trinajstić information content (AvgIpc) is 3.00. The Morgan fingerprint density at radius 1 is 1.44 bits per heavy atom. The SMILES string of the molecule is CCNCc1nnnn1C(CC)CC1CC1. The van der Waals surface area contributed by atoms with E-state index in [0.29, 0.717) is 6.04 Å². The van der Waals surface area contributed by atoms with Gasteiger partial charge in [0.25, 0.3) is 0 Å². The van der Waals surface area contributed by atoms with E-state index in [-0.39, 0.29) is 0 Å². The molecule has 0 saturated heterocycles. The molecule has 0 aliphatic heterocycles. The standard InChI is InChI=1S/C11H21N5/c1-3-10(7-9-5-6-9)16-11(8-12-4-2)13-14-15-16/h9-10,12H,3-8H2,1-2H3. The minimum atomic E-state index is 0.483. The van der Waals surface area contributed by atoms with Gasteiger partial charge < -0.3 is 5.32 Å². The maximum atomic E-state index is 4.14. The van der Waals surface area contributed by atoms with Crippen molar-refractivity contribution in [2.75, 3.05) is 6.54 Å². The van der Waals surface area contributed by atoms with Crippen molar-refractivity contribution in [2.24, 2.45) is 5.92 Å². The highest BCUT2D eigenvalue weighted by molar-refractivity contribution is 4.86. The van der Waals surface area contributed by atoms with E-state index in [4.69, 9.17) is 0 Å². The molecule has 1 aromatic rings. The first kappa shape index (κ1) is 11.5. The predicted molar refractivity (Wildman–Crippen MR) is 61.9 cm³/mol. The van der Waals surface area contributed by atoms with Crippen molar-refractivity contribution < 1.29 is 0 Å². The van der Waals surface area contributed by atoms with Gasteiger partial charge in [0.1, 0.15) is 0 Å². The van der Waals surface area contributed by atoms with Crippen LogP contribution in [0.4, 0.5) is 0 Å². The zero-order valence-corrected chi connectivity index (χ0v) is 10.2. The summed E-state index contributed by atoms with van der Waals surface area (Å²) in [5.41, 5.74) is 0. The smallest absolute Gasteiger partial charge is 0.165 e. The number of nitrogens with zero attached hydrogens (tertiary/aromatic N) is 4. The molecule has 5 heteroatoms. The molecule has 1 unspecified atom stereocenters. The van der Waals surface area contributed by atoms with Crippen molar-refractivity contribution >= 4 is 0 Å². The fraction of sp³-hybridized carbons (Fsp3) is 0.909. The second-order valence-electron chi connectivity index (χ2n) is 4.56. The minimum Gasteiger partial charge on any atom is -0.310 e. The van der Waals surface area contributed by atoms with Gasteiger partial charge in [-0.25, -0.2) is 4.68 Å². The van der Waals surface area contributed by atoms with Gasteiger partial charge in [0, 0.05) is 0 Å². The van der Waals surface area contributed by atoms with E-state index in [1.165, 1.54) is 19.3 Å². The highest BCUT2D eigenvalue weighted by atomic mass is 15.6. The van der Waals surface area contributed by atoms with Crippen LogP contribution in [0.3, 0.4) is 0 Å². The van der Waals surface area contributed by atoms with Gasteiger partial charge in [0.15, 0.2) is 5.82 Å². The Kier molecular flexibility index (Phi) is 3.88. The molecule has 1 aliphatic carbocycles. The fourth-order valence-corrected chi connectivity index (χ4v) is 2.03. The third kappa shape index (κ3) is 2.78. The third-order valence-electron chi connectivity index (χ3n) is 3.21. The van der Waals surface area contributed by atoms with Crippen LogP contribution in [-0.2, 0) is 6.54 Å². The highest BCUT2D eigenvalue weighted by Gasteiger charge is 2.27. The zero-order valence-electron chi connectivity index (χ0n) is 10.2. The van der Waals surface area contributed by atoms with E-state index < -0.39 is 0 Å². The average molecular weight is 223 g/mol. The molecule has 1 aromatic heterocycles. The largest absolute Gasteiger partial charge is 0.310 e. The monoisotopic (exact) mass is 223 g/mol. The first-order valence-electron chi connectivity index (χ1n) is 6.32. The fourth-order valence-electron chi connectivity index (χ4n) is 2.03. The van der Waals surface area contributed by atoms with Crippen molar-refractivity contribution in [3.63, 3.8) is 0 Å². The van der Waals surface area contributed by atoms with Crippen molar-refractivity contribution in [2.45, 2.75) is 52.1 Å². The van der Waals surface area contributed by atoms with Crippen LogP contribution in [0.5, 0.6) is 0 Å². The molecule has 1 heterocycles. The number of nitrogens with one attached hydrogen (secondary N) is 1. The number of rotatable bonds is 7. The van der Waals surface area contributed by atoms with E-state index in [1.807, 2.05) is 4.68 Å². The summed E-state index contributed by atoms with van der Waals surface area (Å²) >= 11 is 0. The number of tetrazole rings is 1.